The highest BCUT2D eigenvalue weighted by atomic mass is 16.5. The number of hydrogen-bond acceptors (Lipinski definition) is 4. The average Bonchev–Trinajstić information content (AvgIpc) is 2.55. The molecule has 0 saturated heterocycles. The van der Waals surface area contributed by atoms with Gasteiger partial charge in [-0.2, -0.15) is 0 Å². The van der Waals surface area contributed by atoms with Crippen LogP contribution in [0.2, 0.25) is 0 Å². The van der Waals surface area contributed by atoms with Crippen molar-refractivity contribution in [2.24, 2.45) is 0 Å². The van der Waals surface area contributed by atoms with Crippen molar-refractivity contribution in [3.8, 4) is 0 Å². The van der Waals surface area contributed by atoms with Gasteiger partial charge in [0.1, 0.15) is 0 Å². The molecule has 26 heavy (non-hydrogen) atoms. The highest BCUT2D eigenvalue weighted by Gasteiger charge is 2.03. The molecule has 4 heteroatoms. The van der Waals surface area contributed by atoms with Gasteiger partial charge in [0.15, 0.2) is 0 Å². The molecular formula is C22H38O4. The third-order valence-electron chi connectivity index (χ3n) is 4.10. The second-order valence-corrected chi connectivity index (χ2v) is 7.18. The molecule has 0 aliphatic rings. The van der Waals surface area contributed by atoms with Gasteiger partial charge in [-0.05, 0) is 26.7 Å². The lowest BCUT2D eigenvalue weighted by molar-refractivity contribution is -0.144. The number of carbonyl (C=O) groups is 2. The molecule has 0 aliphatic carbocycles. The Labute approximate surface area is 160 Å². The molecule has 0 aliphatic heterocycles. The highest BCUT2D eigenvalue weighted by molar-refractivity contribution is 5.69. The number of hydrogen-bond donors (Lipinski definition) is 0. The molecule has 150 valence electrons. The fourth-order valence-electron chi connectivity index (χ4n) is 2.42. The van der Waals surface area contributed by atoms with Gasteiger partial charge in [-0.25, -0.2) is 0 Å². The van der Waals surface area contributed by atoms with E-state index in [1.807, 2.05) is 13.8 Å². The van der Waals surface area contributed by atoms with Gasteiger partial charge in [0, 0.05) is 25.7 Å². The van der Waals surface area contributed by atoms with Gasteiger partial charge in [0.25, 0.3) is 0 Å². The molecule has 0 N–H and O–H groups in total. The molecule has 0 saturated carbocycles. The van der Waals surface area contributed by atoms with Crippen molar-refractivity contribution >= 4 is 11.9 Å². The molecule has 0 rings (SSSR count). The quantitative estimate of drug-likeness (QED) is 0.182. The van der Waals surface area contributed by atoms with Crippen molar-refractivity contribution in [2.75, 3.05) is 13.2 Å². The molecule has 0 unspecified atom stereocenters. The van der Waals surface area contributed by atoms with Gasteiger partial charge in [-0.3, -0.25) is 9.59 Å². The third-order valence-corrected chi connectivity index (χ3v) is 4.10. The minimum absolute atomic E-state index is 0.0959. The fourth-order valence-corrected chi connectivity index (χ4v) is 2.42. The Kier molecular flexibility index (Phi) is 15.8. The highest BCUT2D eigenvalue weighted by Crippen LogP contribution is 2.11. The van der Waals surface area contributed by atoms with Gasteiger partial charge in [-0.1, -0.05) is 49.7 Å². The number of esters is 2. The van der Waals surface area contributed by atoms with Gasteiger partial charge < -0.3 is 9.47 Å². The maximum atomic E-state index is 11.5. The Morgan fingerprint density at radius 1 is 0.577 bits per heavy atom. The van der Waals surface area contributed by atoms with E-state index in [2.05, 4.69) is 13.2 Å². The van der Waals surface area contributed by atoms with E-state index < -0.39 is 0 Å². The standard InChI is InChI=1S/C22H38O4/c1-19(2)15-17-25-21(23)13-11-9-7-5-6-8-10-12-14-22(24)26-18-16-20(3)4/h1,3,5-18H2,2,4H3. The van der Waals surface area contributed by atoms with E-state index in [4.69, 9.17) is 9.47 Å². The van der Waals surface area contributed by atoms with Crippen LogP contribution in [0, 0.1) is 0 Å². The van der Waals surface area contributed by atoms with Crippen molar-refractivity contribution in [1.29, 1.82) is 0 Å². The largest absolute Gasteiger partial charge is 0.465 e. The summed E-state index contributed by atoms with van der Waals surface area (Å²) < 4.78 is 10.3. The minimum atomic E-state index is -0.0959. The zero-order chi connectivity index (χ0) is 19.6. The second kappa shape index (κ2) is 16.9. The van der Waals surface area contributed by atoms with Crippen LogP contribution < -0.4 is 0 Å². The molecule has 0 fully saturated rings. The lowest BCUT2D eigenvalue weighted by atomic mass is 10.1. The molecule has 0 spiro atoms. The summed E-state index contributed by atoms with van der Waals surface area (Å²) in [5.41, 5.74) is 2.08. The van der Waals surface area contributed by atoms with Crippen LogP contribution in [0.15, 0.2) is 24.3 Å². The van der Waals surface area contributed by atoms with Crippen LogP contribution in [-0.4, -0.2) is 25.2 Å². The van der Waals surface area contributed by atoms with Crippen LogP contribution in [0.3, 0.4) is 0 Å². The molecule has 0 aromatic heterocycles. The first-order valence-electron chi connectivity index (χ1n) is 10.0. The Hall–Kier alpha value is -1.58. The van der Waals surface area contributed by atoms with Crippen LogP contribution in [0.25, 0.3) is 0 Å². The average molecular weight is 367 g/mol. The van der Waals surface area contributed by atoms with Crippen LogP contribution in [0.5, 0.6) is 0 Å². The van der Waals surface area contributed by atoms with Gasteiger partial charge in [0.2, 0.25) is 0 Å². The predicted octanol–water partition coefficient (Wildman–Crippen LogP) is 5.91. The molecule has 0 aromatic rings. The zero-order valence-electron chi connectivity index (χ0n) is 16.9. The first-order chi connectivity index (χ1) is 12.4. The van der Waals surface area contributed by atoms with Crippen LogP contribution in [0.4, 0.5) is 0 Å². The SMILES string of the molecule is C=C(C)CCOC(=O)CCCCCCCCCCC(=O)OCCC(=C)C. The van der Waals surface area contributed by atoms with Crippen molar-refractivity contribution in [2.45, 2.75) is 90.9 Å². The lowest BCUT2D eigenvalue weighted by Gasteiger charge is -2.05. The van der Waals surface area contributed by atoms with Gasteiger partial charge in [0.05, 0.1) is 13.2 Å². The van der Waals surface area contributed by atoms with Crippen molar-refractivity contribution < 1.29 is 19.1 Å². The first-order valence-corrected chi connectivity index (χ1v) is 10.0. The first kappa shape index (κ1) is 24.4. The van der Waals surface area contributed by atoms with E-state index in [1.54, 1.807) is 0 Å². The summed E-state index contributed by atoms with van der Waals surface area (Å²) in [5.74, 6) is -0.192. The Balaban J connectivity index is 3.28. The third kappa shape index (κ3) is 18.8. The second-order valence-electron chi connectivity index (χ2n) is 7.18. The summed E-state index contributed by atoms with van der Waals surface area (Å²) in [4.78, 5) is 23.0. The summed E-state index contributed by atoms with van der Waals surface area (Å²) in [6.07, 6.45) is 11.2. The van der Waals surface area contributed by atoms with Crippen LogP contribution >= 0.6 is 0 Å². The van der Waals surface area contributed by atoms with E-state index in [9.17, 15) is 9.59 Å². The Bertz CT molecular complexity index is 386. The fraction of sp³-hybridized carbons (Fsp3) is 0.727. The normalized spacial score (nSPS) is 10.4. The summed E-state index contributed by atoms with van der Waals surface area (Å²) in [7, 11) is 0. The van der Waals surface area contributed by atoms with Crippen molar-refractivity contribution in [3.05, 3.63) is 24.3 Å². The Morgan fingerprint density at radius 2 is 0.885 bits per heavy atom. The van der Waals surface area contributed by atoms with Gasteiger partial charge in [-0.15, -0.1) is 13.2 Å². The smallest absolute Gasteiger partial charge is 0.305 e. The summed E-state index contributed by atoms with van der Waals surface area (Å²) in [6.45, 7) is 12.3. The van der Waals surface area contributed by atoms with E-state index >= 15 is 0 Å². The van der Waals surface area contributed by atoms with E-state index in [1.165, 1.54) is 12.8 Å². The summed E-state index contributed by atoms with van der Waals surface area (Å²) >= 11 is 0. The summed E-state index contributed by atoms with van der Waals surface area (Å²) in [5, 5.41) is 0. The molecular weight excluding hydrogens is 328 g/mol. The minimum Gasteiger partial charge on any atom is -0.465 e. The molecule has 4 nitrogen and oxygen atoms in total. The van der Waals surface area contributed by atoms with E-state index in [0.717, 1.165) is 62.5 Å². The van der Waals surface area contributed by atoms with E-state index in [0.29, 0.717) is 26.1 Å². The lowest BCUT2D eigenvalue weighted by Crippen LogP contribution is -2.05. The maximum absolute atomic E-state index is 11.5. The topological polar surface area (TPSA) is 52.6 Å². The predicted molar refractivity (Wildman–Crippen MR) is 107 cm³/mol. The zero-order valence-corrected chi connectivity index (χ0v) is 16.9. The van der Waals surface area contributed by atoms with Crippen LogP contribution in [0.1, 0.15) is 90.9 Å². The molecule has 0 atom stereocenters. The molecule has 0 bridgehead atoms. The summed E-state index contributed by atoms with van der Waals surface area (Å²) in [6, 6.07) is 0. The number of rotatable bonds is 17. The maximum Gasteiger partial charge on any atom is 0.305 e. The molecule has 0 amide bonds. The van der Waals surface area contributed by atoms with Crippen molar-refractivity contribution in [3.63, 3.8) is 0 Å². The Morgan fingerprint density at radius 3 is 1.19 bits per heavy atom. The van der Waals surface area contributed by atoms with Gasteiger partial charge >= 0.3 is 11.9 Å². The van der Waals surface area contributed by atoms with Crippen molar-refractivity contribution in [1.82, 2.24) is 0 Å². The van der Waals surface area contributed by atoms with E-state index in [-0.39, 0.29) is 11.9 Å². The number of carbonyl (C=O) groups excluding carboxylic acids is 2. The molecule has 0 aromatic carbocycles. The monoisotopic (exact) mass is 366 g/mol. The molecule has 0 radical (unpaired) electrons. The van der Waals surface area contributed by atoms with Crippen LogP contribution in [-0.2, 0) is 19.1 Å². The number of unbranched alkanes of at least 4 members (excludes halogenated alkanes) is 7. The number of ether oxygens (including phenoxy) is 2. The molecule has 0 heterocycles.